The van der Waals surface area contributed by atoms with Crippen LogP contribution >= 0.6 is 0 Å². The van der Waals surface area contributed by atoms with E-state index in [0.717, 1.165) is 25.9 Å². The van der Waals surface area contributed by atoms with E-state index in [4.69, 9.17) is 4.52 Å². The van der Waals surface area contributed by atoms with E-state index in [1.807, 2.05) is 9.80 Å². The van der Waals surface area contributed by atoms with Gasteiger partial charge >= 0.3 is 0 Å². The zero-order valence-corrected chi connectivity index (χ0v) is 13.8. The van der Waals surface area contributed by atoms with Gasteiger partial charge in [0.25, 0.3) is 0 Å². The van der Waals surface area contributed by atoms with Gasteiger partial charge in [-0.15, -0.1) is 0 Å². The number of carbonyl (C=O) groups is 2. The maximum Gasteiger partial charge on any atom is 0.228 e. The Bertz CT molecular complexity index is 558. The smallest absolute Gasteiger partial charge is 0.228 e. The van der Waals surface area contributed by atoms with E-state index in [1.54, 1.807) is 0 Å². The summed E-state index contributed by atoms with van der Waals surface area (Å²) in [6.07, 6.45) is 3.57. The number of likely N-dealkylation sites (tertiary alicyclic amines) is 2. The Morgan fingerprint density at radius 1 is 1.43 bits per heavy atom. The lowest BCUT2D eigenvalue weighted by atomic mass is 9.95. The third kappa shape index (κ3) is 3.54. The molecule has 3 rings (SSSR count). The highest BCUT2D eigenvalue weighted by molar-refractivity contribution is 5.89. The van der Waals surface area contributed by atoms with Crippen molar-refractivity contribution < 1.29 is 14.1 Å². The van der Waals surface area contributed by atoms with E-state index in [2.05, 4.69) is 24.0 Å². The lowest BCUT2D eigenvalue weighted by Crippen LogP contribution is -2.43. The predicted octanol–water partition coefficient (Wildman–Crippen LogP) is 1.28. The van der Waals surface area contributed by atoms with Gasteiger partial charge in [-0.05, 0) is 18.8 Å². The molecular formula is C16H24N4O3. The highest BCUT2D eigenvalue weighted by atomic mass is 16.5. The molecule has 2 atom stereocenters. The van der Waals surface area contributed by atoms with E-state index >= 15 is 0 Å². The van der Waals surface area contributed by atoms with Gasteiger partial charge in [0.15, 0.2) is 5.82 Å². The molecule has 0 spiro atoms. The van der Waals surface area contributed by atoms with Gasteiger partial charge in [0.1, 0.15) is 0 Å². The summed E-state index contributed by atoms with van der Waals surface area (Å²) in [5.74, 6) is 1.22. The van der Waals surface area contributed by atoms with Gasteiger partial charge in [0.05, 0.1) is 5.92 Å². The average Bonchev–Trinajstić information content (AvgIpc) is 3.17. The van der Waals surface area contributed by atoms with Crippen LogP contribution in [0, 0.1) is 11.8 Å². The minimum absolute atomic E-state index is 0.0952. The maximum absolute atomic E-state index is 12.8. The number of hydrogen-bond acceptors (Lipinski definition) is 5. The molecule has 1 aromatic rings. The molecule has 0 aromatic carbocycles. The van der Waals surface area contributed by atoms with Crippen molar-refractivity contribution in [2.24, 2.45) is 11.8 Å². The van der Waals surface area contributed by atoms with Crippen LogP contribution in [0.2, 0.25) is 0 Å². The highest BCUT2D eigenvalue weighted by Gasteiger charge is 2.38. The molecule has 0 bridgehead atoms. The zero-order valence-electron chi connectivity index (χ0n) is 13.8. The molecule has 2 saturated heterocycles. The van der Waals surface area contributed by atoms with E-state index in [9.17, 15) is 9.59 Å². The van der Waals surface area contributed by atoms with E-state index in [0.29, 0.717) is 31.3 Å². The van der Waals surface area contributed by atoms with Gasteiger partial charge in [-0.3, -0.25) is 9.59 Å². The van der Waals surface area contributed by atoms with Crippen LogP contribution < -0.4 is 0 Å². The van der Waals surface area contributed by atoms with E-state index < -0.39 is 0 Å². The Balaban J connectivity index is 1.61. The number of rotatable bonds is 4. The molecule has 2 aliphatic rings. The lowest BCUT2D eigenvalue weighted by Gasteiger charge is -2.33. The standard InChI is InChI=1S/C16H24N4O3/c1-11(2)7-20-9-13(6-14(20)21)16(22)19-5-3-4-12(8-19)15-17-10-23-18-15/h10-13H,3-9H2,1-2H3. The number of carbonyl (C=O) groups excluding carboxylic acids is 2. The lowest BCUT2D eigenvalue weighted by molar-refractivity contribution is -0.137. The molecule has 0 aliphatic carbocycles. The molecule has 126 valence electrons. The minimum atomic E-state index is -0.203. The van der Waals surface area contributed by atoms with Crippen LogP contribution in [0.25, 0.3) is 0 Å². The molecule has 23 heavy (non-hydrogen) atoms. The fraction of sp³-hybridized carbons (Fsp3) is 0.750. The SMILES string of the molecule is CC(C)CN1CC(C(=O)N2CCCC(c3ncon3)C2)CC1=O. The predicted molar refractivity (Wildman–Crippen MR) is 82.4 cm³/mol. The maximum atomic E-state index is 12.8. The van der Waals surface area contributed by atoms with Gasteiger partial charge in [-0.2, -0.15) is 4.98 Å². The summed E-state index contributed by atoms with van der Waals surface area (Å²) in [6, 6.07) is 0. The molecule has 3 heterocycles. The highest BCUT2D eigenvalue weighted by Crippen LogP contribution is 2.28. The number of piperidine rings is 1. The molecule has 7 heteroatoms. The van der Waals surface area contributed by atoms with Crippen LogP contribution in [0.3, 0.4) is 0 Å². The fourth-order valence-corrected chi connectivity index (χ4v) is 3.56. The third-order valence-electron chi connectivity index (χ3n) is 4.63. The number of hydrogen-bond donors (Lipinski definition) is 0. The summed E-state index contributed by atoms with van der Waals surface area (Å²) in [5.41, 5.74) is 0. The Morgan fingerprint density at radius 2 is 2.26 bits per heavy atom. The Morgan fingerprint density at radius 3 is 2.96 bits per heavy atom. The van der Waals surface area contributed by atoms with Crippen molar-refractivity contribution in [3.8, 4) is 0 Å². The van der Waals surface area contributed by atoms with Gasteiger partial charge in [-0.25, -0.2) is 0 Å². The molecule has 2 fully saturated rings. The van der Waals surface area contributed by atoms with Crippen LogP contribution in [-0.4, -0.2) is 57.9 Å². The Hall–Kier alpha value is -1.92. The van der Waals surface area contributed by atoms with Gasteiger partial charge in [0, 0.05) is 38.5 Å². The van der Waals surface area contributed by atoms with Crippen LogP contribution in [-0.2, 0) is 9.59 Å². The van der Waals surface area contributed by atoms with Crippen molar-refractivity contribution in [2.45, 2.75) is 39.0 Å². The molecule has 0 N–H and O–H groups in total. The summed E-state index contributed by atoms with van der Waals surface area (Å²) in [5, 5.41) is 3.90. The molecule has 1 aromatic heterocycles. The van der Waals surface area contributed by atoms with Crippen LogP contribution in [0.5, 0.6) is 0 Å². The first-order valence-electron chi connectivity index (χ1n) is 8.37. The van der Waals surface area contributed by atoms with Crippen molar-refractivity contribution in [3.05, 3.63) is 12.2 Å². The molecule has 2 unspecified atom stereocenters. The van der Waals surface area contributed by atoms with Crippen molar-refractivity contribution >= 4 is 11.8 Å². The van der Waals surface area contributed by atoms with Crippen LogP contribution in [0.1, 0.15) is 44.9 Å². The summed E-state index contributed by atoms with van der Waals surface area (Å²) in [4.78, 5) is 32.7. The van der Waals surface area contributed by atoms with Gasteiger partial charge in [-0.1, -0.05) is 19.0 Å². The second kappa shape index (κ2) is 6.68. The summed E-state index contributed by atoms with van der Waals surface area (Å²) in [7, 11) is 0. The van der Waals surface area contributed by atoms with Gasteiger partial charge < -0.3 is 14.3 Å². The van der Waals surface area contributed by atoms with Crippen molar-refractivity contribution in [1.82, 2.24) is 19.9 Å². The quantitative estimate of drug-likeness (QED) is 0.835. The van der Waals surface area contributed by atoms with E-state index in [-0.39, 0.29) is 23.7 Å². The summed E-state index contributed by atoms with van der Waals surface area (Å²) < 4.78 is 4.81. The number of nitrogens with zero attached hydrogens (tertiary/aromatic N) is 4. The summed E-state index contributed by atoms with van der Waals surface area (Å²) in [6.45, 7) is 6.83. The molecule has 0 radical (unpaired) electrons. The normalized spacial score (nSPS) is 25.4. The van der Waals surface area contributed by atoms with E-state index in [1.165, 1.54) is 6.39 Å². The van der Waals surface area contributed by atoms with Gasteiger partial charge in [0.2, 0.25) is 18.2 Å². The first-order valence-corrected chi connectivity index (χ1v) is 8.37. The second-order valence-corrected chi connectivity index (χ2v) is 7.01. The van der Waals surface area contributed by atoms with Crippen molar-refractivity contribution in [2.75, 3.05) is 26.2 Å². The topological polar surface area (TPSA) is 79.5 Å². The molecule has 2 amide bonds. The number of aromatic nitrogens is 2. The third-order valence-corrected chi connectivity index (χ3v) is 4.63. The molecular weight excluding hydrogens is 296 g/mol. The van der Waals surface area contributed by atoms with Crippen molar-refractivity contribution in [3.63, 3.8) is 0 Å². The fourth-order valence-electron chi connectivity index (χ4n) is 3.56. The molecule has 0 saturated carbocycles. The second-order valence-electron chi connectivity index (χ2n) is 7.01. The monoisotopic (exact) mass is 320 g/mol. The minimum Gasteiger partial charge on any atom is -0.343 e. The largest absolute Gasteiger partial charge is 0.343 e. The number of amides is 2. The van der Waals surface area contributed by atoms with Crippen LogP contribution in [0.4, 0.5) is 0 Å². The average molecular weight is 320 g/mol. The van der Waals surface area contributed by atoms with Crippen LogP contribution in [0.15, 0.2) is 10.9 Å². The van der Waals surface area contributed by atoms with Crippen molar-refractivity contribution in [1.29, 1.82) is 0 Å². The molecule has 2 aliphatic heterocycles. The first kappa shape index (κ1) is 16.0. The zero-order chi connectivity index (χ0) is 16.4. The Kier molecular flexibility index (Phi) is 4.63. The Labute approximate surface area is 136 Å². The first-order chi connectivity index (χ1) is 11.0. The molecule has 7 nitrogen and oxygen atoms in total. The summed E-state index contributed by atoms with van der Waals surface area (Å²) >= 11 is 0.